The lowest BCUT2D eigenvalue weighted by Crippen LogP contribution is -2.36. The molecule has 1 heterocycles. The van der Waals surface area contributed by atoms with E-state index in [4.69, 9.17) is 0 Å². The van der Waals surface area contributed by atoms with E-state index in [1.807, 2.05) is 0 Å². The molecule has 2 N–H and O–H groups in total. The topological polar surface area (TPSA) is 32.3 Å². The van der Waals surface area contributed by atoms with Gasteiger partial charge in [-0.25, -0.2) is 0 Å². The van der Waals surface area contributed by atoms with Crippen LogP contribution in [0.2, 0.25) is 0 Å². The molecule has 0 saturated carbocycles. The molecule has 1 unspecified atom stereocenters. The minimum absolute atomic E-state index is 0. The van der Waals surface area contributed by atoms with Gasteiger partial charge >= 0.3 is 0 Å². The summed E-state index contributed by atoms with van der Waals surface area (Å²) < 4.78 is 0. The standard InChI is InChI=1S/C10H21NO.ClH/c1-2-3-6-10(12)9-5-4-7-11-8-9;/h9-12H,2-8H2,1H3;1H/t9-,10?;/m1./s1. The van der Waals surface area contributed by atoms with Gasteiger partial charge in [-0.05, 0) is 31.7 Å². The van der Waals surface area contributed by atoms with Gasteiger partial charge in [-0.1, -0.05) is 19.8 Å². The average molecular weight is 208 g/mol. The number of aliphatic hydroxyl groups is 1. The van der Waals surface area contributed by atoms with E-state index < -0.39 is 0 Å². The molecular weight excluding hydrogens is 186 g/mol. The van der Waals surface area contributed by atoms with Crippen LogP contribution in [0.25, 0.3) is 0 Å². The maximum absolute atomic E-state index is 9.77. The van der Waals surface area contributed by atoms with Crippen molar-refractivity contribution >= 4 is 12.4 Å². The molecule has 0 spiro atoms. The van der Waals surface area contributed by atoms with Crippen molar-refractivity contribution in [1.82, 2.24) is 5.32 Å². The van der Waals surface area contributed by atoms with E-state index in [9.17, 15) is 5.11 Å². The highest BCUT2D eigenvalue weighted by Gasteiger charge is 2.20. The number of hydrogen-bond donors (Lipinski definition) is 2. The van der Waals surface area contributed by atoms with E-state index in [1.54, 1.807) is 0 Å². The van der Waals surface area contributed by atoms with Gasteiger partial charge in [0.15, 0.2) is 0 Å². The first-order valence-electron chi connectivity index (χ1n) is 5.23. The van der Waals surface area contributed by atoms with Crippen LogP contribution in [0.5, 0.6) is 0 Å². The molecule has 1 saturated heterocycles. The summed E-state index contributed by atoms with van der Waals surface area (Å²) in [5, 5.41) is 13.1. The van der Waals surface area contributed by atoms with Gasteiger partial charge in [0.05, 0.1) is 6.10 Å². The van der Waals surface area contributed by atoms with Gasteiger partial charge < -0.3 is 10.4 Å². The first kappa shape index (κ1) is 13.2. The molecule has 0 aromatic rings. The molecule has 80 valence electrons. The molecule has 2 nitrogen and oxygen atoms in total. The fourth-order valence-electron chi connectivity index (χ4n) is 1.86. The lowest BCUT2D eigenvalue weighted by Gasteiger charge is -2.27. The van der Waals surface area contributed by atoms with Crippen LogP contribution in [-0.4, -0.2) is 24.3 Å². The van der Waals surface area contributed by atoms with Crippen LogP contribution in [0.4, 0.5) is 0 Å². The van der Waals surface area contributed by atoms with Gasteiger partial charge in [0.2, 0.25) is 0 Å². The molecule has 3 heteroatoms. The Morgan fingerprint density at radius 2 is 2.31 bits per heavy atom. The van der Waals surface area contributed by atoms with E-state index >= 15 is 0 Å². The summed E-state index contributed by atoms with van der Waals surface area (Å²) >= 11 is 0. The van der Waals surface area contributed by atoms with Gasteiger partial charge in [0, 0.05) is 6.54 Å². The first-order valence-corrected chi connectivity index (χ1v) is 5.23. The fraction of sp³-hybridized carbons (Fsp3) is 1.00. The molecule has 1 rings (SSSR count). The molecular formula is C10H22ClNO. The molecule has 0 bridgehead atoms. The van der Waals surface area contributed by atoms with Crippen LogP contribution >= 0.6 is 12.4 Å². The van der Waals surface area contributed by atoms with E-state index in [0.717, 1.165) is 25.9 Å². The van der Waals surface area contributed by atoms with Gasteiger partial charge in [0.25, 0.3) is 0 Å². The zero-order chi connectivity index (χ0) is 8.81. The highest BCUT2D eigenvalue weighted by atomic mass is 35.5. The van der Waals surface area contributed by atoms with Crippen molar-refractivity contribution < 1.29 is 5.11 Å². The number of hydrogen-bond acceptors (Lipinski definition) is 2. The van der Waals surface area contributed by atoms with Crippen molar-refractivity contribution in [2.45, 2.75) is 45.1 Å². The quantitative estimate of drug-likeness (QED) is 0.739. The van der Waals surface area contributed by atoms with Gasteiger partial charge in [0.1, 0.15) is 0 Å². The van der Waals surface area contributed by atoms with Crippen molar-refractivity contribution in [3.05, 3.63) is 0 Å². The van der Waals surface area contributed by atoms with Crippen LogP contribution in [0.3, 0.4) is 0 Å². The van der Waals surface area contributed by atoms with E-state index in [2.05, 4.69) is 12.2 Å². The third-order valence-corrected chi connectivity index (χ3v) is 2.73. The van der Waals surface area contributed by atoms with Gasteiger partial charge in [-0.3, -0.25) is 0 Å². The number of piperidine rings is 1. The van der Waals surface area contributed by atoms with E-state index in [1.165, 1.54) is 19.3 Å². The number of aliphatic hydroxyl groups excluding tert-OH is 1. The van der Waals surface area contributed by atoms with Gasteiger partial charge in [-0.2, -0.15) is 0 Å². The molecule has 0 radical (unpaired) electrons. The first-order chi connectivity index (χ1) is 5.84. The predicted molar refractivity (Wildman–Crippen MR) is 58.4 cm³/mol. The Bertz CT molecular complexity index is 115. The Hall–Kier alpha value is 0.210. The number of halogens is 1. The van der Waals surface area contributed by atoms with Crippen molar-refractivity contribution in [2.24, 2.45) is 5.92 Å². The average Bonchev–Trinajstić information content (AvgIpc) is 2.15. The Kier molecular flexibility index (Phi) is 7.72. The van der Waals surface area contributed by atoms with E-state index in [0.29, 0.717) is 5.92 Å². The third-order valence-electron chi connectivity index (χ3n) is 2.73. The highest BCUT2D eigenvalue weighted by Crippen LogP contribution is 2.18. The maximum Gasteiger partial charge on any atom is 0.0580 e. The molecule has 0 aliphatic carbocycles. The van der Waals surface area contributed by atoms with Crippen molar-refractivity contribution in [3.8, 4) is 0 Å². The van der Waals surface area contributed by atoms with Crippen LogP contribution < -0.4 is 5.32 Å². The number of unbranched alkanes of at least 4 members (excludes halogenated alkanes) is 1. The summed E-state index contributed by atoms with van der Waals surface area (Å²) in [5.41, 5.74) is 0. The van der Waals surface area contributed by atoms with Crippen LogP contribution in [0.15, 0.2) is 0 Å². The summed E-state index contributed by atoms with van der Waals surface area (Å²) in [7, 11) is 0. The minimum atomic E-state index is -0.0576. The monoisotopic (exact) mass is 207 g/mol. The highest BCUT2D eigenvalue weighted by molar-refractivity contribution is 5.85. The minimum Gasteiger partial charge on any atom is -0.393 e. The zero-order valence-electron chi connectivity index (χ0n) is 8.46. The van der Waals surface area contributed by atoms with Crippen molar-refractivity contribution in [3.63, 3.8) is 0 Å². The summed E-state index contributed by atoms with van der Waals surface area (Å²) in [5.74, 6) is 0.519. The second-order valence-electron chi connectivity index (χ2n) is 3.82. The molecule has 0 aromatic heterocycles. The number of rotatable bonds is 4. The molecule has 13 heavy (non-hydrogen) atoms. The predicted octanol–water partition coefficient (Wildman–Crippen LogP) is 1.96. The maximum atomic E-state index is 9.77. The zero-order valence-corrected chi connectivity index (χ0v) is 9.28. The van der Waals surface area contributed by atoms with Gasteiger partial charge in [-0.15, -0.1) is 12.4 Å². The second kappa shape index (κ2) is 7.60. The summed E-state index contributed by atoms with van der Waals surface area (Å²) in [6, 6.07) is 0. The molecule has 2 atom stereocenters. The molecule has 0 amide bonds. The number of nitrogens with one attached hydrogen (secondary N) is 1. The smallest absolute Gasteiger partial charge is 0.0580 e. The fourth-order valence-corrected chi connectivity index (χ4v) is 1.86. The van der Waals surface area contributed by atoms with Crippen molar-refractivity contribution in [1.29, 1.82) is 0 Å². The summed E-state index contributed by atoms with van der Waals surface area (Å²) in [4.78, 5) is 0. The SMILES string of the molecule is CCCCC(O)[C@@H]1CCCNC1.Cl. The molecule has 1 fully saturated rings. The van der Waals surface area contributed by atoms with Crippen LogP contribution in [-0.2, 0) is 0 Å². The summed E-state index contributed by atoms with van der Waals surface area (Å²) in [6.45, 7) is 4.33. The van der Waals surface area contributed by atoms with E-state index in [-0.39, 0.29) is 18.5 Å². The Balaban J connectivity index is 0.00000144. The Morgan fingerprint density at radius 3 is 2.85 bits per heavy atom. The second-order valence-corrected chi connectivity index (χ2v) is 3.82. The van der Waals surface area contributed by atoms with Crippen molar-refractivity contribution in [2.75, 3.05) is 13.1 Å². The van der Waals surface area contributed by atoms with Crippen LogP contribution in [0.1, 0.15) is 39.0 Å². The largest absolute Gasteiger partial charge is 0.393 e. The lowest BCUT2D eigenvalue weighted by molar-refractivity contribution is 0.0821. The molecule has 0 aromatic carbocycles. The lowest BCUT2D eigenvalue weighted by atomic mass is 9.91. The normalized spacial score (nSPS) is 24.9. The molecule has 1 aliphatic rings. The third kappa shape index (κ3) is 4.84. The Labute approximate surface area is 87.5 Å². The Morgan fingerprint density at radius 1 is 1.54 bits per heavy atom. The van der Waals surface area contributed by atoms with Crippen LogP contribution in [0, 0.1) is 5.92 Å². The summed E-state index contributed by atoms with van der Waals surface area (Å²) in [6.07, 6.45) is 5.72. The molecule has 1 aliphatic heterocycles.